The Morgan fingerprint density at radius 2 is 2.00 bits per heavy atom. The van der Waals surface area contributed by atoms with Crippen LogP contribution in [-0.2, 0) is 4.79 Å². The van der Waals surface area contributed by atoms with Gasteiger partial charge in [-0.1, -0.05) is 40.7 Å². The minimum absolute atomic E-state index is 0.153. The maximum absolute atomic E-state index is 12.9. The van der Waals surface area contributed by atoms with E-state index in [2.05, 4.69) is 27.6 Å². The van der Waals surface area contributed by atoms with Gasteiger partial charge >= 0.3 is 0 Å². The predicted molar refractivity (Wildman–Crippen MR) is 109 cm³/mol. The average Bonchev–Trinajstić information content (AvgIpc) is 2.90. The second kappa shape index (κ2) is 7.70. The quantitative estimate of drug-likeness (QED) is 0.501. The number of halogens is 1. The Kier molecular flexibility index (Phi) is 5.38. The Hall–Kier alpha value is -2.66. The first-order valence-corrected chi connectivity index (χ1v) is 8.98. The number of rotatable bonds is 5. The van der Waals surface area contributed by atoms with Gasteiger partial charge in [-0.05, 0) is 55.8 Å². The zero-order valence-electron chi connectivity index (χ0n) is 14.7. The molecule has 26 heavy (non-hydrogen) atoms. The maximum Gasteiger partial charge on any atom is 0.280 e. The van der Waals surface area contributed by atoms with E-state index in [1.165, 1.54) is 5.01 Å². The van der Waals surface area contributed by atoms with Crippen LogP contribution < -0.4 is 9.75 Å². The van der Waals surface area contributed by atoms with Gasteiger partial charge in [-0.25, -0.2) is 0 Å². The second-order valence-corrected chi connectivity index (χ2v) is 7.04. The van der Waals surface area contributed by atoms with Crippen molar-refractivity contribution in [3.05, 3.63) is 76.3 Å². The second-order valence-electron chi connectivity index (χ2n) is 6.12. The minimum Gasteiger partial charge on any atom is -0.489 e. The van der Waals surface area contributed by atoms with E-state index in [1.54, 1.807) is 0 Å². The summed E-state index contributed by atoms with van der Waals surface area (Å²) in [5, 5.41) is 5.83. The molecule has 1 aliphatic heterocycles. The molecule has 3 rings (SSSR count). The minimum atomic E-state index is -0.153. The molecule has 0 atom stereocenters. The molecule has 4 nitrogen and oxygen atoms in total. The van der Waals surface area contributed by atoms with E-state index in [1.807, 2.05) is 68.5 Å². The van der Waals surface area contributed by atoms with Crippen LogP contribution in [0.15, 0.2) is 75.8 Å². The highest BCUT2D eigenvalue weighted by Gasteiger charge is 2.28. The summed E-state index contributed by atoms with van der Waals surface area (Å²) >= 11 is 3.48. The number of anilines is 1. The Bertz CT molecular complexity index is 917. The first-order valence-electron chi connectivity index (χ1n) is 8.19. The van der Waals surface area contributed by atoms with E-state index in [0.29, 0.717) is 23.6 Å². The van der Waals surface area contributed by atoms with Gasteiger partial charge in [0.15, 0.2) is 0 Å². The first kappa shape index (κ1) is 18.1. The summed E-state index contributed by atoms with van der Waals surface area (Å²) in [6, 6.07) is 15.1. The van der Waals surface area contributed by atoms with Crippen LogP contribution in [0.3, 0.4) is 0 Å². The molecular weight excluding hydrogens is 392 g/mol. The number of amides is 1. The molecule has 0 aromatic heterocycles. The Morgan fingerprint density at radius 3 is 2.69 bits per heavy atom. The zero-order valence-corrected chi connectivity index (χ0v) is 16.3. The van der Waals surface area contributed by atoms with Crippen molar-refractivity contribution in [1.82, 2.24) is 0 Å². The van der Waals surface area contributed by atoms with Gasteiger partial charge in [0.2, 0.25) is 0 Å². The third-order valence-electron chi connectivity index (χ3n) is 3.81. The standard InChI is InChI=1S/C21H19BrN2O2/c1-14(2)13-26-20-10-9-17(22)11-16(20)12-19-15(3)23-24(21(19)25)18-7-5-4-6-8-18/h4-12H,1,13H2,2-3H3/b19-12-. The summed E-state index contributed by atoms with van der Waals surface area (Å²) in [4.78, 5) is 12.9. The van der Waals surface area contributed by atoms with Crippen molar-refractivity contribution in [1.29, 1.82) is 0 Å². The summed E-state index contributed by atoms with van der Waals surface area (Å²) in [5.41, 5.74) is 3.70. The molecule has 1 amide bonds. The Balaban J connectivity index is 1.95. The van der Waals surface area contributed by atoms with Crippen molar-refractivity contribution < 1.29 is 9.53 Å². The largest absolute Gasteiger partial charge is 0.489 e. The number of hydrogen-bond acceptors (Lipinski definition) is 3. The number of carbonyl (C=O) groups excluding carboxylic acids is 1. The monoisotopic (exact) mass is 410 g/mol. The molecule has 1 aliphatic rings. The molecule has 0 spiro atoms. The highest BCUT2D eigenvalue weighted by atomic mass is 79.9. The molecule has 0 aliphatic carbocycles. The van der Waals surface area contributed by atoms with E-state index in [9.17, 15) is 4.79 Å². The summed E-state index contributed by atoms with van der Waals surface area (Å²) in [5.74, 6) is 0.544. The average molecular weight is 411 g/mol. The van der Waals surface area contributed by atoms with E-state index in [4.69, 9.17) is 4.74 Å². The van der Waals surface area contributed by atoms with Gasteiger partial charge in [-0.2, -0.15) is 10.1 Å². The zero-order chi connectivity index (χ0) is 18.7. The molecule has 0 radical (unpaired) electrons. The number of carbonyl (C=O) groups is 1. The number of ether oxygens (including phenoxy) is 1. The molecule has 0 N–H and O–H groups in total. The summed E-state index contributed by atoms with van der Waals surface area (Å²) in [6.45, 7) is 8.03. The van der Waals surface area contributed by atoms with Gasteiger partial charge in [0.05, 0.1) is 17.0 Å². The van der Waals surface area contributed by atoms with E-state index < -0.39 is 0 Å². The fourth-order valence-corrected chi connectivity index (χ4v) is 2.93. The number of hydrazone groups is 1. The van der Waals surface area contributed by atoms with Crippen LogP contribution in [0.2, 0.25) is 0 Å². The summed E-state index contributed by atoms with van der Waals surface area (Å²) in [6.07, 6.45) is 1.82. The molecule has 0 bridgehead atoms. The van der Waals surface area contributed by atoms with E-state index in [0.717, 1.165) is 21.3 Å². The number of hydrogen-bond donors (Lipinski definition) is 0. The van der Waals surface area contributed by atoms with Gasteiger partial charge in [0.1, 0.15) is 12.4 Å². The maximum atomic E-state index is 12.9. The van der Waals surface area contributed by atoms with Crippen LogP contribution in [0.1, 0.15) is 19.4 Å². The van der Waals surface area contributed by atoms with Gasteiger partial charge < -0.3 is 4.74 Å². The van der Waals surface area contributed by atoms with Crippen molar-refractivity contribution in [3.63, 3.8) is 0 Å². The van der Waals surface area contributed by atoms with Crippen LogP contribution in [0, 0.1) is 0 Å². The SMILES string of the molecule is C=C(C)COc1ccc(Br)cc1/C=C1\C(=O)N(c2ccccc2)N=C1C. The summed E-state index contributed by atoms with van der Waals surface area (Å²) in [7, 11) is 0. The van der Waals surface area contributed by atoms with Crippen LogP contribution in [0.4, 0.5) is 5.69 Å². The molecule has 2 aromatic carbocycles. The molecular formula is C21H19BrN2O2. The Morgan fingerprint density at radius 1 is 1.27 bits per heavy atom. The highest BCUT2D eigenvalue weighted by molar-refractivity contribution is 9.10. The third-order valence-corrected chi connectivity index (χ3v) is 4.30. The number of nitrogens with zero attached hydrogens (tertiary/aromatic N) is 2. The molecule has 0 fully saturated rings. The molecule has 5 heteroatoms. The third kappa shape index (κ3) is 3.94. The number of benzene rings is 2. The molecule has 0 unspecified atom stereocenters. The van der Waals surface area contributed by atoms with E-state index in [-0.39, 0.29) is 5.91 Å². The van der Waals surface area contributed by atoms with Crippen LogP contribution >= 0.6 is 15.9 Å². The van der Waals surface area contributed by atoms with Crippen LogP contribution in [-0.4, -0.2) is 18.2 Å². The lowest BCUT2D eigenvalue weighted by atomic mass is 10.1. The van der Waals surface area contributed by atoms with Gasteiger partial charge in [0.25, 0.3) is 5.91 Å². The van der Waals surface area contributed by atoms with Gasteiger partial charge in [-0.3, -0.25) is 4.79 Å². The van der Waals surface area contributed by atoms with Crippen molar-refractivity contribution in [2.45, 2.75) is 13.8 Å². The molecule has 1 heterocycles. The molecule has 132 valence electrons. The van der Waals surface area contributed by atoms with Crippen molar-refractivity contribution in [2.24, 2.45) is 5.10 Å². The lowest BCUT2D eigenvalue weighted by Crippen LogP contribution is -2.21. The van der Waals surface area contributed by atoms with Gasteiger partial charge in [-0.15, -0.1) is 0 Å². The van der Waals surface area contributed by atoms with Crippen molar-refractivity contribution >= 4 is 39.3 Å². The van der Waals surface area contributed by atoms with Crippen LogP contribution in [0.25, 0.3) is 6.08 Å². The Labute approximate surface area is 161 Å². The van der Waals surface area contributed by atoms with Crippen molar-refractivity contribution in [3.8, 4) is 5.75 Å². The van der Waals surface area contributed by atoms with Crippen LogP contribution in [0.5, 0.6) is 5.75 Å². The smallest absolute Gasteiger partial charge is 0.280 e. The van der Waals surface area contributed by atoms with E-state index >= 15 is 0 Å². The first-order chi connectivity index (χ1) is 12.5. The molecule has 0 saturated heterocycles. The highest BCUT2D eigenvalue weighted by Crippen LogP contribution is 2.29. The topological polar surface area (TPSA) is 41.9 Å². The predicted octanol–water partition coefficient (Wildman–Crippen LogP) is 5.21. The summed E-state index contributed by atoms with van der Waals surface area (Å²) < 4.78 is 6.73. The fourth-order valence-electron chi connectivity index (χ4n) is 2.55. The fraction of sp³-hybridized carbons (Fsp3) is 0.143. The number of para-hydroxylation sites is 1. The molecule has 0 saturated carbocycles. The normalized spacial score (nSPS) is 15.3. The lowest BCUT2D eigenvalue weighted by molar-refractivity contribution is -0.114. The lowest BCUT2D eigenvalue weighted by Gasteiger charge is -2.12. The van der Waals surface area contributed by atoms with Crippen molar-refractivity contribution in [2.75, 3.05) is 11.6 Å². The molecule has 2 aromatic rings. The van der Waals surface area contributed by atoms with Gasteiger partial charge in [0, 0.05) is 10.0 Å².